The fourth-order valence-electron chi connectivity index (χ4n) is 3.37. The first-order valence-corrected chi connectivity index (χ1v) is 9.61. The van der Waals surface area contributed by atoms with Gasteiger partial charge < -0.3 is 9.15 Å². The third kappa shape index (κ3) is 2.70. The minimum Gasteiger partial charge on any atom is -0.452 e. The van der Waals surface area contributed by atoms with Crippen LogP contribution in [0, 0.1) is 6.92 Å². The van der Waals surface area contributed by atoms with Crippen LogP contribution in [0.2, 0.25) is 0 Å². The van der Waals surface area contributed by atoms with Gasteiger partial charge in [-0.2, -0.15) is 9.61 Å². The summed E-state index contributed by atoms with van der Waals surface area (Å²) in [5, 5.41) is 15.5. The van der Waals surface area contributed by atoms with Crippen LogP contribution in [-0.2, 0) is 11.2 Å². The highest BCUT2D eigenvalue weighted by molar-refractivity contribution is 7.16. The molecule has 1 aliphatic rings. The molecular formula is C18H19N5O2S. The average molecular weight is 369 g/mol. The summed E-state index contributed by atoms with van der Waals surface area (Å²) in [5.74, 6) is 1.41. The number of fused-ring (bicyclic) bond motifs is 2. The normalized spacial score (nSPS) is 16.0. The van der Waals surface area contributed by atoms with E-state index in [0.29, 0.717) is 5.82 Å². The molecule has 0 saturated carbocycles. The van der Waals surface area contributed by atoms with Gasteiger partial charge >= 0.3 is 0 Å². The summed E-state index contributed by atoms with van der Waals surface area (Å²) in [5.41, 5.74) is 1.93. The number of hydrogen-bond donors (Lipinski definition) is 0. The van der Waals surface area contributed by atoms with Crippen molar-refractivity contribution in [1.82, 2.24) is 24.7 Å². The molecule has 1 saturated heterocycles. The molecule has 0 aliphatic carbocycles. The van der Waals surface area contributed by atoms with Gasteiger partial charge in [-0.15, -0.1) is 10.2 Å². The summed E-state index contributed by atoms with van der Waals surface area (Å²) in [6.07, 6.45) is 0.909. The van der Waals surface area contributed by atoms with Crippen LogP contribution in [0.4, 0.5) is 0 Å². The molecule has 1 aromatic carbocycles. The van der Waals surface area contributed by atoms with E-state index < -0.39 is 0 Å². The lowest BCUT2D eigenvalue weighted by molar-refractivity contribution is 0.0384. The van der Waals surface area contributed by atoms with Gasteiger partial charge in [-0.1, -0.05) is 29.5 Å². The molecule has 8 heteroatoms. The molecule has 0 bridgehead atoms. The SMILES string of the molecule is Cc1c(-c2nnc3sc(CCN4CCOCC4)nn23)oc2ccccc12. The van der Waals surface area contributed by atoms with Crippen molar-refractivity contribution < 1.29 is 9.15 Å². The van der Waals surface area contributed by atoms with E-state index in [-0.39, 0.29) is 0 Å². The maximum Gasteiger partial charge on any atom is 0.235 e. The first kappa shape index (κ1) is 15.9. The van der Waals surface area contributed by atoms with E-state index >= 15 is 0 Å². The zero-order valence-corrected chi connectivity index (χ0v) is 15.3. The lowest BCUT2D eigenvalue weighted by atomic mass is 10.1. The quantitative estimate of drug-likeness (QED) is 0.551. The standard InChI is InChI=1S/C18H19N5O2S/c1-12-13-4-2-3-5-14(13)25-16(12)17-19-20-18-23(17)21-15(26-18)6-7-22-8-10-24-11-9-22/h2-5H,6-11H2,1H3. The maximum absolute atomic E-state index is 6.03. The highest BCUT2D eigenvalue weighted by atomic mass is 32.1. The van der Waals surface area contributed by atoms with E-state index in [0.717, 1.165) is 71.5 Å². The van der Waals surface area contributed by atoms with Crippen molar-refractivity contribution in [2.45, 2.75) is 13.3 Å². The van der Waals surface area contributed by atoms with Crippen molar-refractivity contribution in [1.29, 1.82) is 0 Å². The molecule has 0 spiro atoms. The molecule has 26 heavy (non-hydrogen) atoms. The number of furan rings is 1. The first-order valence-electron chi connectivity index (χ1n) is 8.79. The average Bonchev–Trinajstić information content (AvgIpc) is 3.34. The van der Waals surface area contributed by atoms with Crippen LogP contribution >= 0.6 is 11.3 Å². The van der Waals surface area contributed by atoms with Gasteiger partial charge in [0.1, 0.15) is 10.6 Å². The van der Waals surface area contributed by atoms with Crippen molar-refractivity contribution in [3.63, 3.8) is 0 Å². The molecule has 0 unspecified atom stereocenters. The van der Waals surface area contributed by atoms with Crippen molar-refractivity contribution in [2.75, 3.05) is 32.8 Å². The number of aryl methyl sites for hydroxylation is 1. The molecule has 0 radical (unpaired) electrons. The summed E-state index contributed by atoms with van der Waals surface area (Å²) in [4.78, 5) is 3.22. The van der Waals surface area contributed by atoms with Crippen LogP contribution < -0.4 is 0 Å². The number of hydrogen-bond acceptors (Lipinski definition) is 7. The molecule has 4 aromatic rings. The minimum atomic E-state index is 0.669. The van der Waals surface area contributed by atoms with Gasteiger partial charge in [0, 0.05) is 37.0 Å². The van der Waals surface area contributed by atoms with Crippen LogP contribution in [0.15, 0.2) is 28.7 Å². The van der Waals surface area contributed by atoms with Gasteiger partial charge in [-0.25, -0.2) is 0 Å². The van der Waals surface area contributed by atoms with E-state index in [1.165, 1.54) is 0 Å². The number of morpholine rings is 1. The molecule has 0 atom stereocenters. The fraction of sp³-hybridized carbons (Fsp3) is 0.389. The minimum absolute atomic E-state index is 0.669. The van der Waals surface area contributed by atoms with Gasteiger partial charge in [0.25, 0.3) is 0 Å². The van der Waals surface area contributed by atoms with Crippen LogP contribution in [0.25, 0.3) is 27.5 Å². The monoisotopic (exact) mass is 369 g/mol. The Kier molecular flexibility index (Phi) is 3.96. The molecule has 1 aliphatic heterocycles. The van der Waals surface area contributed by atoms with Gasteiger partial charge in [-0.3, -0.25) is 4.90 Å². The Morgan fingerprint density at radius 1 is 1.15 bits per heavy atom. The number of para-hydroxylation sites is 1. The third-order valence-electron chi connectivity index (χ3n) is 4.83. The van der Waals surface area contributed by atoms with Crippen LogP contribution in [-0.4, -0.2) is 57.6 Å². The van der Waals surface area contributed by atoms with Crippen LogP contribution in [0.1, 0.15) is 10.6 Å². The predicted molar refractivity (Wildman–Crippen MR) is 99.6 cm³/mol. The predicted octanol–water partition coefficient (Wildman–Crippen LogP) is 2.78. The molecular weight excluding hydrogens is 350 g/mol. The third-order valence-corrected chi connectivity index (χ3v) is 5.78. The van der Waals surface area contributed by atoms with Crippen molar-refractivity contribution in [3.8, 4) is 11.6 Å². The molecule has 5 rings (SSSR count). The Labute approximate surface area is 154 Å². The van der Waals surface area contributed by atoms with Gasteiger partial charge in [0.2, 0.25) is 10.8 Å². The first-order chi connectivity index (χ1) is 12.8. The molecule has 0 N–H and O–H groups in total. The Bertz CT molecular complexity index is 1060. The van der Waals surface area contributed by atoms with Gasteiger partial charge in [0.05, 0.1) is 13.2 Å². The summed E-state index contributed by atoms with van der Waals surface area (Å²) >= 11 is 1.59. The smallest absolute Gasteiger partial charge is 0.235 e. The summed E-state index contributed by atoms with van der Waals surface area (Å²) < 4.78 is 13.2. The Balaban J connectivity index is 1.45. The second-order valence-electron chi connectivity index (χ2n) is 6.47. The molecule has 1 fully saturated rings. The molecule has 0 amide bonds. The Morgan fingerprint density at radius 2 is 2.00 bits per heavy atom. The van der Waals surface area contributed by atoms with E-state index in [4.69, 9.17) is 14.3 Å². The van der Waals surface area contributed by atoms with E-state index in [1.807, 2.05) is 29.6 Å². The largest absolute Gasteiger partial charge is 0.452 e. The summed E-state index contributed by atoms with van der Waals surface area (Å²) in [6, 6.07) is 8.02. The molecule has 4 heterocycles. The zero-order valence-electron chi connectivity index (χ0n) is 14.5. The van der Waals surface area contributed by atoms with E-state index in [9.17, 15) is 0 Å². The Morgan fingerprint density at radius 3 is 2.85 bits per heavy atom. The van der Waals surface area contributed by atoms with Crippen molar-refractivity contribution in [3.05, 3.63) is 34.8 Å². The number of ether oxygens (including phenoxy) is 1. The second kappa shape index (κ2) is 6.46. The summed E-state index contributed by atoms with van der Waals surface area (Å²) in [6.45, 7) is 6.67. The number of benzene rings is 1. The second-order valence-corrected chi connectivity index (χ2v) is 7.51. The van der Waals surface area contributed by atoms with E-state index in [1.54, 1.807) is 11.3 Å². The fourth-order valence-corrected chi connectivity index (χ4v) is 4.19. The maximum atomic E-state index is 6.03. The van der Waals surface area contributed by atoms with Gasteiger partial charge in [-0.05, 0) is 13.0 Å². The van der Waals surface area contributed by atoms with E-state index in [2.05, 4.69) is 21.2 Å². The molecule has 3 aromatic heterocycles. The number of rotatable bonds is 4. The lowest BCUT2D eigenvalue weighted by Gasteiger charge is -2.25. The lowest BCUT2D eigenvalue weighted by Crippen LogP contribution is -2.37. The van der Waals surface area contributed by atoms with Crippen molar-refractivity contribution in [2.24, 2.45) is 0 Å². The van der Waals surface area contributed by atoms with Crippen LogP contribution in [0.5, 0.6) is 0 Å². The zero-order chi connectivity index (χ0) is 17.5. The molecule has 7 nitrogen and oxygen atoms in total. The van der Waals surface area contributed by atoms with Gasteiger partial charge in [0.15, 0.2) is 5.76 Å². The van der Waals surface area contributed by atoms with Crippen LogP contribution in [0.3, 0.4) is 0 Å². The highest BCUT2D eigenvalue weighted by Gasteiger charge is 2.20. The Hall–Kier alpha value is -2.29. The molecule has 134 valence electrons. The topological polar surface area (TPSA) is 68.7 Å². The van der Waals surface area contributed by atoms with Crippen molar-refractivity contribution >= 4 is 27.3 Å². The number of aromatic nitrogens is 4. The highest BCUT2D eigenvalue weighted by Crippen LogP contribution is 2.32. The summed E-state index contributed by atoms with van der Waals surface area (Å²) in [7, 11) is 0. The number of nitrogens with zero attached hydrogens (tertiary/aromatic N) is 5.